The van der Waals surface area contributed by atoms with Gasteiger partial charge in [-0.25, -0.2) is 4.79 Å². The summed E-state index contributed by atoms with van der Waals surface area (Å²) in [6, 6.07) is 0.810. The van der Waals surface area contributed by atoms with E-state index in [1.807, 2.05) is 20.8 Å². The van der Waals surface area contributed by atoms with E-state index in [0.29, 0.717) is 30.1 Å². The number of furan rings is 1. The van der Waals surface area contributed by atoms with Crippen molar-refractivity contribution < 1.29 is 23.6 Å². The van der Waals surface area contributed by atoms with Crippen LogP contribution in [0.1, 0.15) is 45.9 Å². The average Bonchev–Trinajstić information content (AvgIpc) is 3.18. The zero-order valence-corrected chi connectivity index (χ0v) is 14.6. The van der Waals surface area contributed by atoms with Gasteiger partial charge >= 0.3 is 5.97 Å². The van der Waals surface area contributed by atoms with E-state index in [-0.39, 0.29) is 24.2 Å². The number of aryl methyl sites for hydroxylation is 1. The van der Waals surface area contributed by atoms with Gasteiger partial charge in [-0.05, 0) is 24.3 Å². The number of aliphatic carboxylic acids is 1. The SMILES string of the molecule is CC(C)(C)CCC(NC(=O)CCc1nc(-c2ccoc2)no1)C(=O)O. The summed E-state index contributed by atoms with van der Waals surface area (Å²) < 4.78 is 10.0. The van der Waals surface area contributed by atoms with Gasteiger partial charge in [-0.1, -0.05) is 25.9 Å². The fourth-order valence-corrected chi connectivity index (χ4v) is 2.19. The normalized spacial score (nSPS) is 12.8. The van der Waals surface area contributed by atoms with Gasteiger partial charge in [0.1, 0.15) is 12.3 Å². The lowest BCUT2D eigenvalue weighted by molar-refractivity contribution is -0.142. The number of nitrogens with one attached hydrogen (secondary N) is 1. The van der Waals surface area contributed by atoms with Crippen molar-refractivity contribution in [1.82, 2.24) is 15.5 Å². The van der Waals surface area contributed by atoms with Crippen molar-refractivity contribution in [2.24, 2.45) is 5.41 Å². The smallest absolute Gasteiger partial charge is 0.326 e. The molecule has 0 saturated carbocycles. The van der Waals surface area contributed by atoms with Gasteiger partial charge in [0.05, 0.1) is 11.8 Å². The van der Waals surface area contributed by atoms with Crippen LogP contribution in [0.5, 0.6) is 0 Å². The summed E-state index contributed by atoms with van der Waals surface area (Å²) in [6.07, 6.45) is 4.39. The molecule has 2 aromatic rings. The molecule has 8 nitrogen and oxygen atoms in total. The van der Waals surface area contributed by atoms with Gasteiger partial charge in [-0.2, -0.15) is 4.98 Å². The molecule has 2 aromatic heterocycles. The number of carbonyl (C=O) groups is 2. The molecule has 0 aliphatic carbocycles. The van der Waals surface area contributed by atoms with Crippen LogP contribution in [0.15, 0.2) is 27.5 Å². The zero-order chi connectivity index (χ0) is 18.4. The summed E-state index contributed by atoms with van der Waals surface area (Å²) in [6.45, 7) is 6.09. The Bertz CT molecular complexity index is 700. The number of hydrogen-bond donors (Lipinski definition) is 2. The second-order valence-electron chi connectivity index (χ2n) is 7.08. The first-order valence-electron chi connectivity index (χ1n) is 8.12. The van der Waals surface area contributed by atoms with Crippen LogP contribution in [0.3, 0.4) is 0 Å². The van der Waals surface area contributed by atoms with Crippen molar-refractivity contribution in [3.63, 3.8) is 0 Å². The van der Waals surface area contributed by atoms with E-state index in [1.54, 1.807) is 6.07 Å². The Labute approximate surface area is 145 Å². The maximum Gasteiger partial charge on any atom is 0.326 e. The summed E-state index contributed by atoms with van der Waals surface area (Å²) in [4.78, 5) is 27.5. The third kappa shape index (κ3) is 6.06. The van der Waals surface area contributed by atoms with Gasteiger partial charge in [-0.3, -0.25) is 4.79 Å². The fourth-order valence-electron chi connectivity index (χ4n) is 2.19. The van der Waals surface area contributed by atoms with Crippen LogP contribution in [0.2, 0.25) is 0 Å². The van der Waals surface area contributed by atoms with Crippen LogP contribution in [0.25, 0.3) is 11.4 Å². The first kappa shape index (κ1) is 18.7. The molecule has 0 bridgehead atoms. The largest absolute Gasteiger partial charge is 0.480 e. The molecular formula is C17H23N3O5. The zero-order valence-electron chi connectivity index (χ0n) is 14.6. The number of amides is 1. The molecule has 0 saturated heterocycles. The van der Waals surface area contributed by atoms with E-state index in [1.165, 1.54) is 12.5 Å². The van der Waals surface area contributed by atoms with Crippen molar-refractivity contribution in [2.45, 2.75) is 52.5 Å². The molecule has 0 aliphatic heterocycles. The predicted molar refractivity (Wildman–Crippen MR) is 88.6 cm³/mol. The van der Waals surface area contributed by atoms with Crippen LogP contribution >= 0.6 is 0 Å². The molecule has 0 radical (unpaired) electrons. The number of hydrogen-bond acceptors (Lipinski definition) is 6. The summed E-state index contributed by atoms with van der Waals surface area (Å²) in [5.74, 6) is -0.687. The summed E-state index contributed by atoms with van der Waals surface area (Å²) in [5, 5.41) is 15.6. The van der Waals surface area contributed by atoms with Crippen molar-refractivity contribution >= 4 is 11.9 Å². The lowest BCUT2D eigenvalue weighted by Gasteiger charge is -2.21. The van der Waals surface area contributed by atoms with Crippen molar-refractivity contribution in [3.05, 3.63) is 24.5 Å². The molecule has 2 N–H and O–H groups in total. The topological polar surface area (TPSA) is 118 Å². The van der Waals surface area contributed by atoms with Crippen LogP contribution in [0, 0.1) is 5.41 Å². The van der Waals surface area contributed by atoms with E-state index >= 15 is 0 Å². The number of aromatic nitrogens is 2. The summed E-state index contributed by atoms with van der Waals surface area (Å²) in [7, 11) is 0. The number of nitrogens with zero attached hydrogens (tertiary/aromatic N) is 2. The van der Waals surface area contributed by atoms with E-state index < -0.39 is 12.0 Å². The highest BCUT2D eigenvalue weighted by molar-refractivity contribution is 5.83. The van der Waals surface area contributed by atoms with Crippen LogP contribution in [0.4, 0.5) is 0 Å². The van der Waals surface area contributed by atoms with E-state index in [2.05, 4.69) is 15.5 Å². The van der Waals surface area contributed by atoms with Gasteiger partial charge < -0.3 is 19.4 Å². The van der Waals surface area contributed by atoms with E-state index in [4.69, 9.17) is 8.94 Å². The Hall–Kier alpha value is -2.64. The molecule has 2 rings (SSSR count). The minimum absolute atomic E-state index is 0.00563. The Morgan fingerprint density at radius 2 is 2.12 bits per heavy atom. The van der Waals surface area contributed by atoms with Gasteiger partial charge in [0.2, 0.25) is 17.6 Å². The number of carboxylic acids is 1. The van der Waals surface area contributed by atoms with E-state index in [9.17, 15) is 14.7 Å². The quantitative estimate of drug-likeness (QED) is 0.752. The Kier molecular flexibility index (Phi) is 5.95. The average molecular weight is 349 g/mol. The first-order chi connectivity index (χ1) is 11.7. The van der Waals surface area contributed by atoms with Gasteiger partial charge in [0.15, 0.2) is 0 Å². The third-order valence-electron chi connectivity index (χ3n) is 3.63. The molecule has 0 fully saturated rings. The molecule has 2 heterocycles. The van der Waals surface area contributed by atoms with Crippen LogP contribution in [-0.2, 0) is 16.0 Å². The monoisotopic (exact) mass is 349 g/mol. The molecule has 1 unspecified atom stereocenters. The van der Waals surface area contributed by atoms with Crippen molar-refractivity contribution in [3.8, 4) is 11.4 Å². The molecule has 0 spiro atoms. The minimum atomic E-state index is -1.03. The second kappa shape index (κ2) is 7.96. The molecule has 136 valence electrons. The highest BCUT2D eigenvalue weighted by Gasteiger charge is 2.23. The third-order valence-corrected chi connectivity index (χ3v) is 3.63. The molecule has 25 heavy (non-hydrogen) atoms. The van der Waals surface area contributed by atoms with Crippen molar-refractivity contribution in [1.29, 1.82) is 0 Å². The highest BCUT2D eigenvalue weighted by atomic mass is 16.5. The molecule has 0 aromatic carbocycles. The minimum Gasteiger partial charge on any atom is -0.480 e. The number of carboxylic acid groups (broad SMARTS) is 1. The Morgan fingerprint density at radius 1 is 1.36 bits per heavy atom. The standard InChI is InChI=1S/C17H23N3O5/c1-17(2,3)8-6-12(16(22)23)18-13(21)4-5-14-19-15(20-25-14)11-7-9-24-10-11/h7,9-10,12H,4-6,8H2,1-3H3,(H,18,21)(H,22,23). The predicted octanol–water partition coefficient (Wildman–Crippen LogP) is 2.66. The number of carbonyl (C=O) groups excluding carboxylic acids is 1. The first-order valence-corrected chi connectivity index (χ1v) is 8.12. The molecule has 1 atom stereocenters. The second-order valence-corrected chi connectivity index (χ2v) is 7.08. The molecular weight excluding hydrogens is 326 g/mol. The molecule has 1 amide bonds. The molecule has 0 aliphatic rings. The van der Waals surface area contributed by atoms with Gasteiger partial charge in [0, 0.05) is 12.8 Å². The van der Waals surface area contributed by atoms with E-state index in [0.717, 1.165) is 0 Å². The summed E-state index contributed by atoms with van der Waals surface area (Å²) in [5.41, 5.74) is 0.693. The van der Waals surface area contributed by atoms with Crippen LogP contribution in [-0.4, -0.2) is 33.2 Å². The lowest BCUT2D eigenvalue weighted by Crippen LogP contribution is -2.41. The van der Waals surface area contributed by atoms with Crippen LogP contribution < -0.4 is 5.32 Å². The summed E-state index contributed by atoms with van der Waals surface area (Å²) >= 11 is 0. The maximum absolute atomic E-state index is 12.0. The fraction of sp³-hybridized carbons (Fsp3) is 0.529. The Balaban J connectivity index is 1.83. The maximum atomic E-state index is 12.0. The molecule has 8 heteroatoms. The van der Waals surface area contributed by atoms with Gasteiger partial charge in [0.25, 0.3) is 0 Å². The number of rotatable bonds is 8. The Morgan fingerprint density at radius 3 is 2.72 bits per heavy atom. The lowest BCUT2D eigenvalue weighted by atomic mass is 9.88. The highest BCUT2D eigenvalue weighted by Crippen LogP contribution is 2.21. The van der Waals surface area contributed by atoms with Crippen molar-refractivity contribution in [2.75, 3.05) is 0 Å². The van der Waals surface area contributed by atoms with Gasteiger partial charge in [-0.15, -0.1) is 0 Å².